The summed E-state index contributed by atoms with van der Waals surface area (Å²) in [6.45, 7) is 4.71. The lowest BCUT2D eigenvalue weighted by Gasteiger charge is -2.20. The van der Waals surface area contributed by atoms with Crippen LogP contribution in [-0.2, 0) is 28.9 Å². The summed E-state index contributed by atoms with van der Waals surface area (Å²) in [4.78, 5) is 20.6. The molecule has 2 aliphatic heterocycles. The van der Waals surface area contributed by atoms with E-state index in [1.54, 1.807) is 13.4 Å². The van der Waals surface area contributed by atoms with Crippen molar-refractivity contribution in [2.45, 2.75) is 37.9 Å². The van der Waals surface area contributed by atoms with Crippen LogP contribution in [0.3, 0.4) is 0 Å². The van der Waals surface area contributed by atoms with E-state index < -0.39 is 12.1 Å². The normalized spacial score (nSPS) is 18.8. The average molecular weight is 453 g/mol. The van der Waals surface area contributed by atoms with Crippen LogP contribution in [0.15, 0.2) is 30.6 Å². The summed E-state index contributed by atoms with van der Waals surface area (Å²) in [6, 6.07) is 8.37. The molecule has 0 amide bonds. The maximum absolute atomic E-state index is 10.6. The molecule has 174 valence electrons. The first-order valence-electron chi connectivity index (χ1n) is 10.3. The maximum atomic E-state index is 10.6. The molecule has 0 saturated carbocycles. The third-order valence-corrected chi connectivity index (χ3v) is 5.53. The number of rotatable bonds is 4. The number of fused-ring (bicyclic) bond motifs is 1. The lowest BCUT2D eigenvalue weighted by molar-refractivity contribution is -0.192. The van der Waals surface area contributed by atoms with Gasteiger partial charge in [-0.1, -0.05) is 12.1 Å². The Morgan fingerprint density at radius 2 is 1.91 bits per heavy atom. The van der Waals surface area contributed by atoms with Gasteiger partial charge >= 0.3 is 12.1 Å². The van der Waals surface area contributed by atoms with Crippen LogP contribution in [0.4, 0.5) is 13.2 Å². The number of methoxy groups -OCH3 is 1. The van der Waals surface area contributed by atoms with Crippen LogP contribution in [0.25, 0.3) is 0 Å². The molecule has 1 atom stereocenters. The lowest BCUT2D eigenvalue weighted by Crippen LogP contribution is -2.26. The number of aliphatic carboxylic acids is 1. The summed E-state index contributed by atoms with van der Waals surface area (Å²) < 4.78 is 42.6. The van der Waals surface area contributed by atoms with E-state index in [0.717, 1.165) is 57.9 Å². The van der Waals surface area contributed by atoms with Crippen molar-refractivity contribution in [3.63, 3.8) is 0 Å². The van der Waals surface area contributed by atoms with Crippen LogP contribution in [0.5, 0.6) is 5.75 Å². The van der Waals surface area contributed by atoms with Gasteiger partial charge in [0.15, 0.2) is 0 Å². The van der Waals surface area contributed by atoms with Crippen molar-refractivity contribution in [3.8, 4) is 5.75 Å². The molecule has 7 nitrogen and oxygen atoms in total. The molecule has 1 aromatic carbocycles. The summed E-state index contributed by atoms with van der Waals surface area (Å²) >= 11 is 0. The molecule has 1 N–H and O–H groups in total. The standard InChI is InChI=1S/C20H25N3O2.C2HF3O2/c1-24-17-4-2-15(3-5-17)12-23-9-6-18-19(7-10-23)21-14-22-20(18)16-8-11-25-13-16;3-2(4,5)1(6)7/h2-5,14,16H,6-13H2,1H3;(H,6,7). The first kappa shape index (κ1) is 23.9. The molecule has 2 aromatic rings. The van der Waals surface area contributed by atoms with E-state index in [2.05, 4.69) is 27.0 Å². The Morgan fingerprint density at radius 3 is 2.50 bits per heavy atom. The van der Waals surface area contributed by atoms with Gasteiger partial charge in [0.25, 0.3) is 0 Å². The Labute approximate surface area is 184 Å². The Kier molecular flexibility index (Phi) is 8.03. The summed E-state index contributed by atoms with van der Waals surface area (Å²) in [5, 5.41) is 7.12. The molecule has 32 heavy (non-hydrogen) atoms. The lowest BCUT2D eigenvalue weighted by atomic mass is 9.96. The molecule has 10 heteroatoms. The molecule has 1 saturated heterocycles. The van der Waals surface area contributed by atoms with Gasteiger partial charge < -0.3 is 14.6 Å². The molecule has 0 radical (unpaired) electrons. The second kappa shape index (κ2) is 10.7. The van der Waals surface area contributed by atoms with Crippen molar-refractivity contribution in [2.24, 2.45) is 0 Å². The van der Waals surface area contributed by atoms with E-state index in [9.17, 15) is 13.2 Å². The van der Waals surface area contributed by atoms with Crippen molar-refractivity contribution in [1.82, 2.24) is 14.9 Å². The first-order chi connectivity index (χ1) is 15.3. The second-order valence-electron chi connectivity index (χ2n) is 7.67. The molecule has 2 aliphatic rings. The van der Waals surface area contributed by atoms with E-state index in [0.29, 0.717) is 5.92 Å². The number of benzene rings is 1. The highest BCUT2D eigenvalue weighted by Gasteiger charge is 2.38. The van der Waals surface area contributed by atoms with Crippen molar-refractivity contribution in [1.29, 1.82) is 0 Å². The average Bonchev–Trinajstić information content (AvgIpc) is 3.23. The van der Waals surface area contributed by atoms with Gasteiger partial charge in [0, 0.05) is 44.3 Å². The van der Waals surface area contributed by atoms with Crippen LogP contribution in [-0.4, -0.2) is 65.5 Å². The summed E-state index contributed by atoms with van der Waals surface area (Å²) in [5.74, 6) is -1.40. The van der Waals surface area contributed by atoms with Gasteiger partial charge in [-0.3, -0.25) is 4.90 Å². The largest absolute Gasteiger partial charge is 0.497 e. The topological polar surface area (TPSA) is 84.8 Å². The number of hydrogen-bond acceptors (Lipinski definition) is 6. The molecule has 0 aliphatic carbocycles. The molecule has 1 unspecified atom stereocenters. The SMILES string of the molecule is COc1ccc(CN2CCc3ncnc(C4CCOC4)c3CC2)cc1.O=C(O)C(F)(F)F. The number of carbonyl (C=O) groups is 1. The number of alkyl halides is 3. The van der Waals surface area contributed by atoms with Gasteiger partial charge in [0.1, 0.15) is 12.1 Å². The van der Waals surface area contributed by atoms with Gasteiger partial charge in [-0.15, -0.1) is 0 Å². The van der Waals surface area contributed by atoms with Gasteiger partial charge in [-0.05, 0) is 36.1 Å². The molecule has 4 rings (SSSR count). The number of ether oxygens (including phenoxy) is 2. The van der Waals surface area contributed by atoms with Gasteiger partial charge in [0.2, 0.25) is 0 Å². The number of carboxylic acid groups (broad SMARTS) is 1. The monoisotopic (exact) mass is 453 g/mol. The van der Waals surface area contributed by atoms with Crippen molar-refractivity contribution in [3.05, 3.63) is 53.1 Å². The highest BCUT2D eigenvalue weighted by Crippen LogP contribution is 2.29. The molecule has 3 heterocycles. The first-order valence-corrected chi connectivity index (χ1v) is 10.3. The zero-order chi connectivity index (χ0) is 23.1. The van der Waals surface area contributed by atoms with E-state index in [1.807, 2.05) is 12.1 Å². The highest BCUT2D eigenvalue weighted by atomic mass is 19.4. The molecule has 0 bridgehead atoms. The van der Waals surface area contributed by atoms with Crippen LogP contribution in [0.1, 0.15) is 34.9 Å². The van der Waals surface area contributed by atoms with E-state index in [-0.39, 0.29) is 0 Å². The Bertz CT molecular complexity index is 900. The van der Waals surface area contributed by atoms with E-state index in [4.69, 9.17) is 19.4 Å². The summed E-state index contributed by atoms with van der Waals surface area (Å²) in [6.07, 6.45) is -0.239. The van der Waals surface area contributed by atoms with Crippen LogP contribution in [0.2, 0.25) is 0 Å². The number of carboxylic acids is 1. The molecule has 1 fully saturated rings. The zero-order valence-electron chi connectivity index (χ0n) is 17.8. The maximum Gasteiger partial charge on any atom is 0.490 e. The second-order valence-corrected chi connectivity index (χ2v) is 7.67. The predicted molar refractivity (Wildman–Crippen MR) is 110 cm³/mol. The van der Waals surface area contributed by atoms with Gasteiger partial charge in [-0.2, -0.15) is 13.2 Å². The number of aromatic nitrogens is 2. The fraction of sp³-hybridized carbons (Fsp3) is 0.500. The third-order valence-electron chi connectivity index (χ3n) is 5.53. The Balaban J connectivity index is 0.000000360. The molecular formula is C22H26F3N3O4. The van der Waals surface area contributed by atoms with Gasteiger partial charge in [-0.25, -0.2) is 14.8 Å². The van der Waals surface area contributed by atoms with E-state index in [1.165, 1.54) is 22.5 Å². The van der Waals surface area contributed by atoms with Gasteiger partial charge in [0.05, 0.1) is 19.4 Å². The molecular weight excluding hydrogens is 427 g/mol. The predicted octanol–water partition coefficient (Wildman–Crippen LogP) is 3.22. The third kappa shape index (κ3) is 6.39. The van der Waals surface area contributed by atoms with E-state index >= 15 is 0 Å². The van der Waals surface area contributed by atoms with Crippen LogP contribution in [0, 0.1) is 0 Å². The minimum atomic E-state index is -5.08. The minimum absolute atomic E-state index is 0.449. The smallest absolute Gasteiger partial charge is 0.490 e. The number of nitrogens with zero attached hydrogens (tertiary/aromatic N) is 3. The summed E-state index contributed by atoms with van der Waals surface area (Å²) in [5.41, 5.74) is 5.15. The van der Waals surface area contributed by atoms with Crippen LogP contribution < -0.4 is 4.74 Å². The Hall–Kier alpha value is -2.72. The fourth-order valence-electron chi connectivity index (χ4n) is 3.85. The molecule has 1 aromatic heterocycles. The van der Waals surface area contributed by atoms with Crippen molar-refractivity contribution < 1.29 is 32.5 Å². The quantitative estimate of drug-likeness (QED) is 0.761. The van der Waals surface area contributed by atoms with Crippen molar-refractivity contribution >= 4 is 5.97 Å². The van der Waals surface area contributed by atoms with Crippen molar-refractivity contribution in [2.75, 3.05) is 33.4 Å². The highest BCUT2D eigenvalue weighted by molar-refractivity contribution is 5.73. The number of halogens is 3. The number of hydrogen-bond donors (Lipinski definition) is 1. The Morgan fingerprint density at radius 1 is 1.22 bits per heavy atom. The van der Waals surface area contributed by atoms with Crippen LogP contribution >= 0.6 is 0 Å². The fourth-order valence-corrected chi connectivity index (χ4v) is 3.85. The summed E-state index contributed by atoms with van der Waals surface area (Å²) in [7, 11) is 1.70. The molecule has 0 spiro atoms. The zero-order valence-corrected chi connectivity index (χ0v) is 17.8. The minimum Gasteiger partial charge on any atom is -0.497 e.